The minimum Gasteiger partial charge on any atom is -0.380 e. The summed E-state index contributed by atoms with van der Waals surface area (Å²) in [4.78, 5) is 2.50. The van der Waals surface area contributed by atoms with Crippen molar-refractivity contribution in [2.45, 2.75) is 32.9 Å². The van der Waals surface area contributed by atoms with Crippen LogP contribution in [0.4, 0.5) is 0 Å². The second kappa shape index (κ2) is 5.58. The highest BCUT2D eigenvalue weighted by molar-refractivity contribution is 4.78. The van der Waals surface area contributed by atoms with Crippen LogP contribution in [-0.2, 0) is 4.74 Å². The molecule has 0 radical (unpaired) electrons. The molecule has 3 heteroatoms. The van der Waals surface area contributed by atoms with E-state index in [9.17, 15) is 0 Å². The number of rotatable bonds is 4. The van der Waals surface area contributed by atoms with Crippen molar-refractivity contribution in [3.8, 4) is 0 Å². The quantitative estimate of drug-likeness (QED) is 0.699. The van der Waals surface area contributed by atoms with Crippen LogP contribution in [0.15, 0.2) is 0 Å². The van der Waals surface area contributed by atoms with Gasteiger partial charge in [0, 0.05) is 38.3 Å². The Hall–Kier alpha value is -0.120. The first-order chi connectivity index (χ1) is 6.24. The van der Waals surface area contributed by atoms with E-state index in [1.807, 2.05) is 6.92 Å². The average Bonchev–Trinajstić information content (AvgIpc) is 2.14. The summed E-state index contributed by atoms with van der Waals surface area (Å²) in [5.74, 6) is 0. The predicted molar refractivity (Wildman–Crippen MR) is 55.0 cm³/mol. The first-order valence-corrected chi connectivity index (χ1v) is 5.29. The lowest BCUT2D eigenvalue weighted by atomic mass is 10.2. The highest BCUT2D eigenvalue weighted by Gasteiger charge is 2.19. The number of hydrogen-bond donors (Lipinski definition) is 1. The van der Waals surface area contributed by atoms with Crippen molar-refractivity contribution in [2.24, 2.45) is 0 Å². The molecule has 1 rings (SSSR count). The van der Waals surface area contributed by atoms with E-state index in [-0.39, 0.29) is 0 Å². The summed E-state index contributed by atoms with van der Waals surface area (Å²) < 4.78 is 5.42. The molecule has 2 unspecified atom stereocenters. The Morgan fingerprint density at radius 3 is 3.00 bits per heavy atom. The smallest absolute Gasteiger partial charge is 0.0619 e. The SMILES string of the molecule is CCOCC(C)N1CCNC(C)C1. The summed E-state index contributed by atoms with van der Waals surface area (Å²) in [6.45, 7) is 11.6. The molecule has 0 aliphatic carbocycles. The molecule has 0 aromatic carbocycles. The number of ether oxygens (including phenoxy) is 1. The molecule has 0 aromatic heterocycles. The molecule has 1 aliphatic heterocycles. The van der Waals surface area contributed by atoms with Crippen molar-refractivity contribution in [1.82, 2.24) is 10.2 Å². The standard InChI is InChI=1S/C10H22N2O/c1-4-13-8-10(3)12-6-5-11-9(2)7-12/h9-11H,4-8H2,1-3H3. The van der Waals surface area contributed by atoms with Crippen LogP contribution in [-0.4, -0.2) is 49.8 Å². The zero-order chi connectivity index (χ0) is 9.68. The van der Waals surface area contributed by atoms with Gasteiger partial charge in [-0.05, 0) is 20.8 Å². The molecule has 0 aromatic rings. The lowest BCUT2D eigenvalue weighted by Gasteiger charge is -2.36. The molecular weight excluding hydrogens is 164 g/mol. The summed E-state index contributed by atoms with van der Waals surface area (Å²) in [6.07, 6.45) is 0. The molecule has 1 fully saturated rings. The van der Waals surface area contributed by atoms with Crippen LogP contribution in [0.25, 0.3) is 0 Å². The van der Waals surface area contributed by atoms with E-state index in [2.05, 4.69) is 24.1 Å². The summed E-state index contributed by atoms with van der Waals surface area (Å²) in [6, 6.07) is 1.18. The Balaban J connectivity index is 2.24. The molecule has 0 bridgehead atoms. The van der Waals surface area contributed by atoms with Crippen LogP contribution in [0.1, 0.15) is 20.8 Å². The third kappa shape index (κ3) is 3.63. The Labute approximate surface area is 81.4 Å². The summed E-state index contributed by atoms with van der Waals surface area (Å²) in [5.41, 5.74) is 0. The largest absolute Gasteiger partial charge is 0.380 e. The Morgan fingerprint density at radius 2 is 2.38 bits per heavy atom. The predicted octanol–water partition coefficient (Wildman–Crippen LogP) is 0.705. The van der Waals surface area contributed by atoms with Gasteiger partial charge in [0.25, 0.3) is 0 Å². The van der Waals surface area contributed by atoms with Crippen LogP contribution in [0.5, 0.6) is 0 Å². The Kier molecular flexibility index (Phi) is 4.70. The fourth-order valence-electron chi connectivity index (χ4n) is 1.76. The monoisotopic (exact) mass is 186 g/mol. The van der Waals surface area contributed by atoms with Crippen molar-refractivity contribution in [1.29, 1.82) is 0 Å². The highest BCUT2D eigenvalue weighted by Crippen LogP contribution is 2.04. The zero-order valence-corrected chi connectivity index (χ0v) is 9.05. The molecule has 78 valence electrons. The second-order valence-corrected chi connectivity index (χ2v) is 3.86. The van der Waals surface area contributed by atoms with Crippen molar-refractivity contribution >= 4 is 0 Å². The van der Waals surface area contributed by atoms with Gasteiger partial charge >= 0.3 is 0 Å². The Morgan fingerprint density at radius 1 is 1.62 bits per heavy atom. The fourth-order valence-corrected chi connectivity index (χ4v) is 1.76. The summed E-state index contributed by atoms with van der Waals surface area (Å²) in [5, 5.41) is 3.44. The first-order valence-electron chi connectivity index (χ1n) is 5.29. The number of nitrogens with one attached hydrogen (secondary N) is 1. The number of hydrogen-bond acceptors (Lipinski definition) is 3. The third-order valence-electron chi connectivity index (χ3n) is 2.59. The molecule has 1 saturated heterocycles. The van der Waals surface area contributed by atoms with E-state index in [0.717, 1.165) is 32.8 Å². The molecule has 1 heterocycles. The van der Waals surface area contributed by atoms with Gasteiger partial charge in [0.1, 0.15) is 0 Å². The van der Waals surface area contributed by atoms with E-state index in [1.54, 1.807) is 0 Å². The maximum Gasteiger partial charge on any atom is 0.0619 e. The fraction of sp³-hybridized carbons (Fsp3) is 1.00. The van der Waals surface area contributed by atoms with Gasteiger partial charge in [-0.1, -0.05) is 0 Å². The molecule has 1 N–H and O–H groups in total. The van der Waals surface area contributed by atoms with Crippen LogP contribution >= 0.6 is 0 Å². The van der Waals surface area contributed by atoms with Crippen LogP contribution in [0.2, 0.25) is 0 Å². The zero-order valence-electron chi connectivity index (χ0n) is 9.05. The maximum absolute atomic E-state index is 5.42. The summed E-state index contributed by atoms with van der Waals surface area (Å²) in [7, 11) is 0. The van der Waals surface area contributed by atoms with Gasteiger partial charge in [0.05, 0.1) is 6.61 Å². The minimum absolute atomic E-state index is 0.560. The number of piperazine rings is 1. The topological polar surface area (TPSA) is 24.5 Å². The van der Waals surface area contributed by atoms with Crippen molar-refractivity contribution in [3.63, 3.8) is 0 Å². The maximum atomic E-state index is 5.42. The molecule has 13 heavy (non-hydrogen) atoms. The van der Waals surface area contributed by atoms with Gasteiger partial charge in [-0.25, -0.2) is 0 Å². The van der Waals surface area contributed by atoms with Gasteiger partial charge in [-0.2, -0.15) is 0 Å². The van der Waals surface area contributed by atoms with Crippen LogP contribution < -0.4 is 5.32 Å². The first kappa shape index (κ1) is 11.0. The van der Waals surface area contributed by atoms with Crippen LogP contribution in [0.3, 0.4) is 0 Å². The van der Waals surface area contributed by atoms with Crippen LogP contribution in [0, 0.1) is 0 Å². The average molecular weight is 186 g/mol. The lowest BCUT2D eigenvalue weighted by Crippen LogP contribution is -2.53. The van der Waals surface area contributed by atoms with E-state index in [4.69, 9.17) is 4.74 Å². The second-order valence-electron chi connectivity index (χ2n) is 3.86. The van der Waals surface area contributed by atoms with Gasteiger partial charge in [-0.3, -0.25) is 4.90 Å². The van der Waals surface area contributed by atoms with Gasteiger partial charge in [-0.15, -0.1) is 0 Å². The molecule has 0 amide bonds. The lowest BCUT2D eigenvalue weighted by molar-refractivity contribution is 0.0600. The molecule has 0 spiro atoms. The summed E-state index contributed by atoms with van der Waals surface area (Å²) >= 11 is 0. The Bertz CT molecular complexity index is 141. The van der Waals surface area contributed by atoms with E-state index in [0.29, 0.717) is 12.1 Å². The highest BCUT2D eigenvalue weighted by atomic mass is 16.5. The molecule has 3 nitrogen and oxygen atoms in total. The van der Waals surface area contributed by atoms with Crippen molar-refractivity contribution in [3.05, 3.63) is 0 Å². The molecule has 2 atom stereocenters. The molecule has 0 saturated carbocycles. The van der Waals surface area contributed by atoms with E-state index >= 15 is 0 Å². The normalized spacial score (nSPS) is 27.5. The van der Waals surface area contributed by atoms with Gasteiger partial charge < -0.3 is 10.1 Å². The van der Waals surface area contributed by atoms with Gasteiger partial charge in [0.15, 0.2) is 0 Å². The van der Waals surface area contributed by atoms with Crippen molar-refractivity contribution in [2.75, 3.05) is 32.8 Å². The molecular formula is C10H22N2O. The van der Waals surface area contributed by atoms with Gasteiger partial charge in [0.2, 0.25) is 0 Å². The molecule has 1 aliphatic rings. The number of nitrogens with zero attached hydrogens (tertiary/aromatic N) is 1. The minimum atomic E-state index is 0.560. The van der Waals surface area contributed by atoms with E-state index < -0.39 is 0 Å². The van der Waals surface area contributed by atoms with E-state index in [1.165, 1.54) is 0 Å². The third-order valence-corrected chi connectivity index (χ3v) is 2.59. The van der Waals surface area contributed by atoms with Crippen molar-refractivity contribution < 1.29 is 4.74 Å².